The number of carboxylic acid groups (broad SMARTS) is 1. The smallest absolute Gasteiger partial charge is 0.352 e. The van der Waals surface area contributed by atoms with E-state index in [0.717, 1.165) is 18.0 Å². The molecule has 9 nitrogen and oxygen atoms in total. The van der Waals surface area contributed by atoms with Crippen molar-refractivity contribution in [3.05, 3.63) is 11.3 Å². The second kappa shape index (κ2) is 10.3. The zero-order chi connectivity index (χ0) is 21.7. The maximum atomic E-state index is 12.5. The van der Waals surface area contributed by atoms with Crippen molar-refractivity contribution in [3.8, 4) is 0 Å². The first-order chi connectivity index (χ1) is 13.7. The highest BCUT2D eigenvalue weighted by atomic mass is 32.2. The van der Waals surface area contributed by atoms with Crippen LogP contribution in [0.3, 0.4) is 0 Å². The van der Waals surface area contributed by atoms with E-state index in [9.17, 15) is 24.3 Å². The minimum Gasteiger partial charge on any atom is -0.477 e. The van der Waals surface area contributed by atoms with Gasteiger partial charge in [0.05, 0.1) is 5.75 Å². The first kappa shape index (κ1) is 23.5. The van der Waals surface area contributed by atoms with Crippen molar-refractivity contribution < 1.29 is 29.0 Å². The number of fused-ring (bicyclic) bond motifs is 1. The molecule has 0 saturated carbocycles. The van der Waals surface area contributed by atoms with Crippen molar-refractivity contribution >= 4 is 63.8 Å². The zero-order valence-electron chi connectivity index (χ0n) is 16.3. The van der Waals surface area contributed by atoms with Gasteiger partial charge < -0.3 is 20.1 Å². The van der Waals surface area contributed by atoms with Crippen molar-refractivity contribution in [1.82, 2.24) is 15.1 Å². The van der Waals surface area contributed by atoms with Gasteiger partial charge in [0.1, 0.15) is 28.0 Å². The first-order valence-electron chi connectivity index (χ1n) is 8.95. The number of thioether (sulfide) groups is 2. The van der Waals surface area contributed by atoms with Crippen molar-refractivity contribution in [1.29, 1.82) is 0 Å². The van der Waals surface area contributed by atoms with Gasteiger partial charge in [-0.05, 0) is 13.8 Å². The van der Waals surface area contributed by atoms with Crippen LogP contribution in [0.25, 0.3) is 0 Å². The molecule has 2 N–H and O–H groups in total. The molecule has 0 aromatic carbocycles. The summed E-state index contributed by atoms with van der Waals surface area (Å²) in [6.07, 6.45) is 0. The lowest BCUT2D eigenvalue weighted by atomic mass is 10.0. The number of hydrogen-bond acceptors (Lipinski definition) is 8. The second-order valence-electron chi connectivity index (χ2n) is 6.22. The van der Waals surface area contributed by atoms with Gasteiger partial charge in [-0.15, -0.1) is 11.8 Å². The molecule has 2 aliphatic rings. The van der Waals surface area contributed by atoms with Gasteiger partial charge in [0.2, 0.25) is 5.91 Å². The molecule has 0 aliphatic carbocycles. The number of nitrogens with one attached hydrogen (secondary N) is 1. The summed E-state index contributed by atoms with van der Waals surface area (Å²) in [7, 11) is 0. The van der Waals surface area contributed by atoms with Crippen LogP contribution in [0.4, 0.5) is 0 Å². The van der Waals surface area contributed by atoms with Crippen molar-refractivity contribution in [2.24, 2.45) is 0 Å². The predicted octanol–water partition coefficient (Wildman–Crippen LogP) is 0.648. The molecule has 0 aromatic heterocycles. The molecule has 160 valence electrons. The fraction of sp³-hybridized carbons (Fsp3) is 0.588. The number of thiocarbonyl (C=S) groups is 1. The van der Waals surface area contributed by atoms with Crippen LogP contribution in [-0.4, -0.2) is 85.6 Å². The molecule has 2 heterocycles. The number of carbonyl (C=O) groups is 4. The van der Waals surface area contributed by atoms with E-state index in [1.54, 1.807) is 0 Å². The second-order valence-corrected chi connectivity index (χ2v) is 8.93. The van der Waals surface area contributed by atoms with E-state index in [2.05, 4.69) is 5.32 Å². The first-order valence-corrected chi connectivity index (χ1v) is 11.4. The number of nitrogens with zero attached hydrogens (tertiary/aromatic N) is 2. The normalized spacial score (nSPS) is 20.5. The summed E-state index contributed by atoms with van der Waals surface area (Å²) in [5.41, 5.74) is 0.176. The molecular weight excluding hydrogens is 438 g/mol. The largest absolute Gasteiger partial charge is 0.477 e. The highest BCUT2D eigenvalue weighted by Crippen LogP contribution is 2.40. The minimum atomic E-state index is -1.27. The molecule has 1 saturated heterocycles. The van der Waals surface area contributed by atoms with E-state index >= 15 is 0 Å². The third-order valence-corrected chi connectivity index (χ3v) is 7.23. The average molecular weight is 462 g/mol. The zero-order valence-corrected chi connectivity index (χ0v) is 18.7. The molecule has 2 amide bonds. The van der Waals surface area contributed by atoms with E-state index in [4.69, 9.17) is 17.0 Å². The molecule has 2 atom stereocenters. The standard InChI is InChI=1S/C17H23N3O6S3/c1-4-19(5-2)17(27)29-8-11(22)18-12-14(23)20-13(16(24)25)10(6-26-9(3)21)7-28-15(12)20/h12,15H,4-8H2,1-3H3,(H,18,22)(H,24,25). The third-order valence-electron chi connectivity index (χ3n) is 4.36. The third kappa shape index (κ3) is 5.43. The quantitative estimate of drug-likeness (QED) is 0.303. The molecule has 0 bridgehead atoms. The molecule has 12 heteroatoms. The van der Waals surface area contributed by atoms with E-state index < -0.39 is 29.3 Å². The Labute approximate surface area is 182 Å². The Bertz CT molecular complexity index is 753. The van der Waals surface area contributed by atoms with Crippen molar-refractivity contribution in [3.63, 3.8) is 0 Å². The van der Waals surface area contributed by atoms with Crippen LogP contribution in [0, 0.1) is 0 Å². The summed E-state index contributed by atoms with van der Waals surface area (Å²) in [6.45, 7) is 6.49. The molecule has 0 spiro atoms. The van der Waals surface area contributed by atoms with E-state index in [-0.39, 0.29) is 29.7 Å². The number of amides is 2. The van der Waals surface area contributed by atoms with Gasteiger partial charge in [-0.25, -0.2) is 4.79 Å². The fourth-order valence-electron chi connectivity index (χ4n) is 2.90. The molecule has 2 aliphatic heterocycles. The Morgan fingerprint density at radius 1 is 1.38 bits per heavy atom. The van der Waals surface area contributed by atoms with E-state index in [0.29, 0.717) is 9.89 Å². The summed E-state index contributed by atoms with van der Waals surface area (Å²) < 4.78 is 5.50. The van der Waals surface area contributed by atoms with Gasteiger partial charge in [0.15, 0.2) is 0 Å². The number of esters is 1. The maximum Gasteiger partial charge on any atom is 0.352 e. The SMILES string of the molecule is CCN(CC)C(=S)SCC(=O)NC1C(=O)N2C(C(=O)O)=C(COC(C)=O)CSC12. The van der Waals surface area contributed by atoms with Crippen molar-refractivity contribution in [2.75, 3.05) is 31.2 Å². The molecule has 2 rings (SSSR count). The Morgan fingerprint density at radius 3 is 2.59 bits per heavy atom. The summed E-state index contributed by atoms with van der Waals surface area (Å²) in [6, 6.07) is -0.792. The number of β-lactam (4-membered cyclic amide) rings is 1. The fourth-order valence-corrected chi connectivity index (χ4v) is 5.44. The number of carboxylic acids is 1. The summed E-state index contributed by atoms with van der Waals surface area (Å²) in [5.74, 6) is -2.27. The Kier molecular flexibility index (Phi) is 8.34. The lowest BCUT2D eigenvalue weighted by molar-refractivity contribution is -0.150. The van der Waals surface area contributed by atoms with Crippen LogP contribution in [0.2, 0.25) is 0 Å². The molecule has 2 unspecified atom stereocenters. The number of ether oxygens (including phenoxy) is 1. The van der Waals surface area contributed by atoms with Crippen LogP contribution in [0.1, 0.15) is 20.8 Å². The van der Waals surface area contributed by atoms with Gasteiger partial charge in [-0.2, -0.15) is 0 Å². The number of carbonyl (C=O) groups excluding carboxylic acids is 3. The monoisotopic (exact) mass is 461 g/mol. The van der Waals surface area contributed by atoms with Crippen LogP contribution < -0.4 is 5.32 Å². The number of hydrogen-bond donors (Lipinski definition) is 2. The Morgan fingerprint density at radius 2 is 2.03 bits per heavy atom. The van der Waals surface area contributed by atoms with Gasteiger partial charge >= 0.3 is 11.9 Å². The lowest BCUT2D eigenvalue weighted by Gasteiger charge is -2.49. The van der Waals surface area contributed by atoms with Gasteiger partial charge in [-0.3, -0.25) is 19.3 Å². The number of rotatable bonds is 8. The molecule has 29 heavy (non-hydrogen) atoms. The van der Waals surface area contributed by atoms with Crippen LogP contribution in [0.5, 0.6) is 0 Å². The maximum absolute atomic E-state index is 12.5. The summed E-state index contributed by atoms with van der Waals surface area (Å²) in [4.78, 5) is 50.5. The highest BCUT2D eigenvalue weighted by Gasteiger charge is 2.54. The van der Waals surface area contributed by atoms with Gasteiger partial charge in [0.25, 0.3) is 5.91 Å². The van der Waals surface area contributed by atoms with Crippen molar-refractivity contribution in [2.45, 2.75) is 32.2 Å². The van der Waals surface area contributed by atoms with Gasteiger partial charge in [0, 0.05) is 31.3 Å². The van der Waals surface area contributed by atoms with E-state index in [1.807, 2.05) is 18.7 Å². The Balaban J connectivity index is 1.98. The average Bonchev–Trinajstić information content (AvgIpc) is 2.68. The van der Waals surface area contributed by atoms with Crippen LogP contribution in [-0.2, 0) is 23.9 Å². The molecule has 1 fully saturated rings. The predicted molar refractivity (Wildman–Crippen MR) is 114 cm³/mol. The highest BCUT2D eigenvalue weighted by molar-refractivity contribution is 8.23. The van der Waals surface area contributed by atoms with Crippen LogP contribution >= 0.6 is 35.7 Å². The topological polar surface area (TPSA) is 116 Å². The Hall–Kier alpha value is -1.79. The number of aliphatic carboxylic acids is 1. The summed E-state index contributed by atoms with van der Waals surface area (Å²) >= 11 is 7.83. The molecular formula is C17H23N3O6S3. The molecule has 0 radical (unpaired) electrons. The van der Waals surface area contributed by atoms with Crippen LogP contribution in [0.15, 0.2) is 11.3 Å². The minimum absolute atomic E-state index is 0.0792. The van der Waals surface area contributed by atoms with E-state index in [1.165, 1.54) is 30.4 Å². The van der Waals surface area contributed by atoms with Gasteiger partial charge in [-0.1, -0.05) is 24.0 Å². The molecule has 0 aromatic rings. The summed E-state index contributed by atoms with van der Waals surface area (Å²) in [5, 5.41) is 11.7. The lowest BCUT2D eigenvalue weighted by Crippen LogP contribution is -2.70.